The Morgan fingerprint density at radius 1 is 0.812 bits per heavy atom. The molecule has 0 heterocycles. The Labute approximate surface area is 95.6 Å². The second-order valence-corrected chi connectivity index (χ2v) is 3.65. The first kappa shape index (κ1) is 10.7. The molecule has 0 unspecified atom stereocenters. The maximum atomic E-state index is 9.19. The minimum absolute atomic E-state index is 0.0899. The highest BCUT2D eigenvalue weighted by molar-refractivity contribution is 5.43. The van der Waals surface area contributed by atoms with Crippen LogP contribution in [0.3, 0.4) is 0 Å². The molecule has 0 radical (unpaired) electrons. The molecule has 0 aliphatic heterocycles. The SMILES string of the molecule is OCc1ccccc1CNc1ccccc1. The molecule has 0 aromatic heterocycles. The standard InChI is InChI=1S/C14H15NO/c16-11-13-7-5-4-6-12(13)10-15-14-8-2-1-3-9-14/h1-9,15-16H,10-11H2. The lowest BCUT2D eigenvalue weighted by atomic mass is 10.1. The third-order valence-electron chi connectivity index (χ3n) is 2.55. The van der Waals surface area contributed by atoms with Gasteiger partial charge in [0.1, 0.15) is 0 Å². The average Bonchev–Trinajstić information content (AvgIpc) is 2.38. The summed E-state index contributed by atoms with van der Waals surface area (Å²) in [5.41, 5.74) is 3.20. The van der Waals surface area contributed by atoms with Gasteiger partial charge in [0.15, 0.2) is 0 Å². The van der Waals surface area contributed by atoms with E-state index in [0.29, 0.717) is 0 Å². The van der Waals surface area contributed by atoms with Crippen LogP contribution in [0.2, 0.25) is 0 Å². The summed E-state index contributed by atoms with van der Waals surface area (Å²) < 4.78 is 0. The molecular weight excluding hydrogens is 198 g/mol. The monoisotopic (exact) mass is 213 g/mol. The van der Waals surface area contributed by atoms with Crippen LogP contribution in [-0.4, -0.2) is 5.11 Å². The van der Waals surface area contributed by atoms with Gasteiger partial charge in [-0.15, -0.1) is 0 Å². The van der Waals surface area contributed by atoms with Gasteiger partial charge >= 0.3 is 0 Å². The molecule has 0 spiro atoms. The molecule has 0 amide bonds. The van der Waals surface area contributed by atoms with Crippen molar-refractivity contribution in [3.63, 3.8) is 0 Å². The Kier molecular flexibility index (Phi) is 3.57. The van der Waals surface area contributed by atoms with Crippen molar-refractivity contribution in [3.05, 3.63) is 65.7 Å². The van der Waals surface area contributed by atoms with Gasteiger partial charge < -0.3 is 10.4 Å². The Balaban J connectivity index is 2.05. The van der Waals surface area contributed by atoms with Crippen LogP contribution in [0.1, 0.15) is 11.1 Å². The van der Waals surface area contributed by atoms with Crippen LogP contribution in [0.4, 0.5) is 5.69 Å². The molecular formula is C14H15NO. The fourth-order valence-corrected chi connectivity index (χ4v) is 1.64. The van der Waals surface area contributed by atoms with Gasteiger partial charge in [0, 0.05) is 12.2 Å². The van der Waals surface area contributed by atoms with Gasteiger partial charge in [0.05, 0.1) is 6.61 Å². The van der Waals surface area contributed by atoms with E-state index in [9.17, 15) is 5.11 Å². The number of nitrogens with one attached hydrogen (secondary N) is 1. The number of rotatable bonds is 4. The van der Waals surface area contributed by atoms with E-state index in [0.717, 1.165) is 23.4 Å². The first-order valence-electron chi connectivity index (χ1n) is 5.36. The van der Waals surface area contributed by atoms with E-state index in [1.54, 1.807) is 0 Å². The van der Waals surface area contributed by atoms with Crippen molar-refractivity contribution in [1.29, 1.82) is 0 Å². The van der Waals surface area contributed by atoms with Crippen LogP contribution in [-0.2, 0) is 13.2 Å². The Morgan fingerprint density at radius 2 is 1.44 bits per heavy atom. The molecule has 0 aliphatic rings. The van der Waals surface area contributed by atoms with E-state index >= 15 is 0 Å². The van der Waals surface area contributed by atoms with Crippen molar-refractivity contribution in [2.75, 3.05) is 5.32 Å². The summed E-state index contributed by atoms with van der Waals surface area (Å²) in [5.74, 6) is 0. The van der Waals surface area contributed by atoms with Crippen molar-refractivity contribution in [3.8, 4) is 0 Å². The quantitative estimate of drug-likeness (QED) is 0.818. The molecule has 2 aromatic rings. The average molecular weight is 213 g/mol. The van der Waals surface area contributed by atoms with Crippen LogP contribution in [0.15, 0.2) is 54.6 Å². The van der Waals surface area contributed by atoms with E-state index in [4.69, 9.17) is 0 Å². The number of hydrogen-bond donors (Lipinski definition) is 2. The lowest BCUT2D eigenvalue weighted by molar-refractivity contribution is 0.280. The Morgan fingerprint density at radius 3 is 2.12 bits per heavy atom. The fraction of sp³-hybridized carbons (Fsp3) is 0.143. The predicted octanol–water partition coefficient (Wildman–Crippen LogP) is 2.79. The van der Waals surface area contributed by atoms with Gasteiger partial charge in [-0.1, -0.05) is 42.5 Å². The van der Waals surface area contributed by atoms with Gasteiger partial charge in [-0.25, -0.2) is 0 Å². The van der Waals surface area contributed by atoms with E-state index < -0.39 is 0 Å². The first-order chi connectivity index (χ1) is 7.90. The predicted molar refractivity (Wildman–Crippen MR) is 66.1 cm³/mol. The lowest BCUT2D eigenvalue weighted by Gasteiger charge is -2.09. The van der Waals surface area contributed by atoms with Gasteiger partial charge in [-0.2, -0.15) is 0 Å². The summed E-state index contributed by atoms with van der Waals surface area (Å²) in [6.07, 6.45) is 0. The van der Waals surface area contributed by atoms with E-state index in [-0.39, 0.29) is 6.61 Å². The molecule has 82 valence electrons. The van der Waals surface area contributed by atoms with Crippen molar-refractivity contribution < 1.29 is 5.11 Å². The number of para-hydroxylation sites is 1. The zero-order chi connectivity index (χ0) is 11.2. The van der Waals surface area contributed by atoms with Crippen LogP contribution in [0.5, 0.6) is 0 Å². The molecule has 2 N–H and O–H groups in total. The molecule has 2 heteroatoms. The topological polar surface area (TPSA) is 32.3 Å². The minimum atomic E-state index is 0.0899. The minimum Gasteiger partial charge on any atom is -0.392 e. The van der Waals surface area contributed by atoms with E-state index in [2.05, 4.69) is 5.32 Å². The van der Waals surface area contributed by atoms with Crippen molar-refractivity contribution in [1.82, 2.24) is 0 Å². The van der Waals surface area contributed by atoms with Crippen molar-refractivity contribution in [2.24, 2.45) is 0 Å². The zero-order valence-corrected chi connectivity index (χ0v) is 9.06. The van der Waals surface area contributed by atoms with Gasteiger partial charge in [-0.05, 0) is 23.3 Å². The number of aliphatic hydroxyl groups is 1. The van der Waals surface area contributed by atoms with Gasteiger partial charge in [0.25, 0.3) is 0 Å². The Hall–Kier alpha value is -1.80. The molecule has 0 atom stereocenters. The molecule has 0 fully saturated rings. The molecule has 0 bridgehead atoms. The summed E-state index contributed by atoms with van der Waals surface area (Å²) in [6, 6.07) is 18.0. The summed E-state index contributed by atoms with van der Waals surface area (Å²) in [4.78, 5) is 0. The smallest absolute Gasteiger partial charge is 0.0685 e. The van der Waals surface area contributed by atoms with Crippen LogP contribution in [0.25, 0.3) is 0 Å². The summed E-state index contributed by atoms with van der Waals surface area (Å²) in [6.45, 7) is 0.827. The third-order valence-corrected chi connectivity index (χ3v) is 2.55. The van der Waals surface area contributed by atoms with Gasteiger partial charge in [0.2, 0.25) is 0 Å². The highest BCUT2D eigenvalue weighted by Gasteiger charge is 1.99. The molecule has 16 heavy (non-hydrogen) atoms. The van der Waals surface area contributed by atoms with Crippen LogP contribution >= 0.6 is 0 Å². The number of anilines is 1. The highest BCUT2D eigenvalue weighted by atomic mass is 16.3. The second-order valence-electron chi connectivity index (χ2n) is 3.65. The van der Waals surface area contributed by atoms with E-state index in [1.807, 2.05) is 54.6 Å². The summed E-state index contributed by atoms with van der Waals surface area (Å²) >= 11 is 0. The summed E-state index contributed by atoms with van der Waals surface area (Å²) in [5, 5.41) is 12.5. The third kappa shape index (κ3) is 2.61. The summed E-state index contributed by atoms with van der Waals surface area (Å²) in [7, 11) is 0. The number of hydrogen-bond acceptors (Lipinski definition) is 2. The van der Waals surface area contributed by atoms with Crippen molar-refractivity contribution in [2.45, 2.75) is 13.2 Å². The highest BCUT2D eigenvalue weighted by Crippen LogP contribution is 2.12. The molecule has 2 nitrogen and oxygen atoms in total. The largest absolute Gasteiger partial charge is 0.392 e. The first-order valence-corrected chi connectivity index (χ1v) is 5.36. The normalized spacial score (nSPS) is 10.1. The van der Waals surface area contributed by atoms with Crippen molar-refractivity contribution >= 4 is 5.69 Å². The van der Waals surface area contributed by atoms with Crippen LogP contribution < -0.4 is 5.32 Å². The zero-order valence-electron chi connectivity index (χ0n) is 9.06. The number of benzene rings is 2. The molecule has 0 saturated carbocycles. The maximum Gasteiger partial charge on any atom is 0.0685 e. The molecule has 0 aliphatic carbocycles. The lowest BCUT2D eigenvalue weighted by Crippen LogP contribution is -2.02. The fourth-order valence-electron chi connectivity index (χ4n) is 1.64. The van der Waals surface area contributed by atoms with Crippen LogP contribution in [0, 0.1) is 0 Å². The molecule has 0 saturated heterocycles. The van der Waals surface area contributed by atoms with E-state index in [1.165, 1.54) is 0 Å². The molecule has 2 aromatic carbocycles. The number of aliphatic hydroxyl groups excluding tert-OH is 1. The Bertz CT molecular complexity index is 439. The van der Waals surface area contributed by atoms with Gasteiger partial charge in [-0.3, -0.25) is 0 Å². The molecule has 2 rings (SSSR count). The maximum absolute atomic E-state index is 9.19. The second kappa shape index (κ2) is 5.33.